The van der Waals surface area contributed by atoms with E-state index in [9.17, 15) is 4.79 Å². The van der Waals surface area contributed by atoms with Crippen LogP contribution in [0.5, 0.6) is 0 Å². The number of rotatable bonds is 4. The minimum atomic E-state index is -0.285. The summed E-state index contributed by atoms with van der Waals surface area (Å²) in [6.07, 6.45) is 8.82. The maximum atomic E-state index is 11.8. The largest absolute Gasteiger partial charge is 0.462 e. The van der Waals surface area contributed by atoms with Crippen LogP contribution in [0.4, 0.5) is 5.69 Å². The first-order valence-corrected chi connectivity index (χ1v) is 12.0. The molecule has 30 heavy (non-hydrogen) atoms. The Morgan fingerprint density at radius 2 is 1.60 bits per heavy atom. The average Bonchev–Trinajstić information content (AvgIpc) is 2.73. The molecule has 162 valence electrons. The van der Waals surface area contributed by atoms with E-state index in [1.54, 1.807) is 12.1 Å². The van der Waals surface area contributed by atoms with Crippen molar-refractivity contribution in [3.05, 3.63) is 29.8 Å². The second kappa shape index (κ2) is 8.12. The molecule has 5 aliphatic rings. The topological polar surface area (TPSA) is 44.8 Å². The summed E-state index contributed by atoms with van der Waals surface area (Å²) in [5, 5.41) is 4.13. The number of nitrogens with zero attached hydrogens (tertiary/aromatic N) is 2. The number of carbonyl (C=O) groups excluding carboxylic acids is 1. The van der Waals surface area contributed by atoms with Crippen LogP contribution in [0.15, 0.2) is 24.3 Å². The van der Waals surface area contributed by atoms with Crippen LogP contribution < -0.4 is 5.32 Å². The van der Waals surface area contributed by atoms with E-state index < -0.39 is 0 Å². The molecule has 0 spiro atoms. The van der Waals surface area contributed by atoms with Crippen molar-refractivity contribution < 1.29 is 9.53 Å². The van der Waals surface area contributed by atoms with Gasteiger partial charge >= 0.3 is 5.97 Å². The molecule has 4 saturated carbocycles. The summed E-state index contributed by atoms with van der Waals surface area (Å²) in [7, 11) is 0. The van der Waals surface area contributed by atoms with Crippen molar-refractivity contribution >= 4 is 29.0 Å². The zero-order valence-electron chi connectivity index (χ0n) is 17.9. The highest BCUT2D eigenvalue weighted by molar-refractivity contribution is 7.80. The zero-order valence-corrected chi connectivity index (χ0v) is 18.8. The number of hydrogen-bond acceptors (Lipinski definition) is 4. The fraction of sp³-hybridized carbons (Fsp3) is 0.667. The Hall–Kier alpha value is -1.66. The first kappa shape index (κ1) is 20.3. The van der Waals surface area contributed by atoms with Gasteiger partial charge in [0.1, 0.15) is 0 Å². The molecule has 0 amide bonds. The summed E-state index contributed by atoms with van der Waals surface area (Å²) in [5.41, 5.74) is 1.98. The van der Waals surface area contributed by atoms with E-state index in [1.165, 1.54) is 38.5 Å². The van der Waals surface area contributed by atoms with Gasteiger partial charge in [-0.05, 0) is 99.7 Å². The van der Waals surface area contributed by atoms with Crippen molar-refractivity contribution in [3.8, 4) is 0 Å². The molecule has 1 heterocycles. The van der Waals surface area contributed by atoms with E-state index in [1.807, 2.05) is 19.1 Å². The normalized spacial score (nSPS) is 32.8. The summed E-state index contributed by atoms with van der Waals surface area (Å²) >= 11 is 5.69. The van der Waals surface area contributed by atoms with Gasteiger partial charge in [-0.1, -0.05) is 0 Å². The highest BCUT2D eigenvalue weighted by atomic mass is 32.1. The van der Waals surface area contributed by atoms with Crippen LogP contribution in [0.1, 0.15) is 55.8 Å². The molecule has 1 N–H and O–H groups in total. The van der Waals surface area contributed by atoms with E-state index >= 15 is 0 Å². The first-order valence-electron chi connectivity index (χ1n) is 11.6. The third-order valence-electron chi connectivity index (χ3n) is 7.89. The van der Waals surface area contributed by atoms with Crippen LogP contribution in [-0.4, -0.2) is 59.2 Å². The van der Waals surface area contributed by atoms with Crippen LogP contribution in [0.25, 0.3) is 0 Å². The molecule has 5 fully saturated rings. The molecule has 0 unspecified atom stereocenters. The van der Waals surface area contributed by atoms with Crippen LogP contribution in [0, 0.1) is 17.8 Å². The molecule has 6 heteroatoms. The minimum Gasteiger partial charge on any atom is -0.462 e. The van der Waals surface area contributed by atoms with E-state index in [0.29, 0.717) is 17.7 Å². The van der Waals surface area contributed by atoms with Crippen molar-refractivity contribution in [2.45, 2.75) is 51.0 Å². The number of piperazine rings is 1. The molecule has 0 radical (unpaired) electrons. The molecule has 4 aliphatic carbocycles. The van der Waals surface area contributed by atoms with Gasteiger partial charge < -0.3 is 15.0 Å². The van der Waals surface area contributed by atoms with Crippen molar-refractivity contribution in [2.24, 2.45) is 17.8 Å². The fourth-order valence-electron chi connectivity index (χ4n) is 6.94. The van der Waals surface area contributed by atoms with Crippen LogP contribution in [0.2, 0.25) is 0 Å². The van der Waals surface area contributed by atoms with Gasteiger partial charge in [0, 0.05) is 37.4 Å². The Bertz CT molecular complexity index is 766. The Morgan fingerprint density at radius 1 is 1.03 bits per heavy atom. The molecule has 6 rings (SSSR count). The highest BCUT2D eigenvalue weighted by Gasteiger charge is 2.53. The van der Waals surface area contributed by atoms with E-state index in [0.717, 1.165) is 54.7 Å². The molecule has 4 bridgehead atoms. The monoisotopic (exact) mass is 427 g/mol. The molecule has 1 aromatic carbocycles. The number of benzene rings is 1. The van der Waals surface area contributed by atoms with Gasteiger partial charge in [-0.2, -0.15) is 0 Å². The minimum absolute atomic E-state index is 0.285. The molecule has 1 saturated heterocycles. The third-order valence-corrected chi connectivity index (χ3v) is 8.25. The standard InChI is InChI=1S/C24H33N3O2S/c1-2-29-22(28)20-3-5-21(6-4-20)25-23(30)26-7-9-27(10-8-26)24-14-17-11-18(15-24)13-19(12-17)16-24/h3-6,17-19H,2,7-16H2,1H3,(H,25,30). The lowest BCUT2D eigenvalue weighted by molar-refractivity contribution is -0.0970. The lowest BCUT2D eigenvalue weighted by atomic mass is 9.52. The number of nitrogens with one attached hydrogen (secondary N) is 1. The predicted octanol–water partition coefficient (Wildman–Crippen LogP) is 4.15. The van der Waals surface area contributed by atoms with Gasteiger partial charge in [0.2, 0.25) is 0 Å². The molecule has 1 aliphatic heterocycles. The van der Waals surface area contributed by atoms with Crippen molar-refractivity contribution in [3.63, 3.8) is 0 Å². The van der Waals surface area contributed by atoms with Crippen LogP contribution >= 0.6 is 12.2 Å². The fourth-order valence-corrected chi connectivity index (χ4v) is 7.24. The Kier molecular flexibility index (Phi) is 5.48. The lowest BCUT2D eigenvalue weighted by Crippen LogP contribution is -2.64. The predicted molar refractivity (Wildman–Crippen MR) is 123 cm³/mol. The van der Waals surface area contributed by atoms with Gasteiger partial charge in [-0.25, -0.2) is 4.79 Å². The van der Waals surface area contributed by atoms with Crippen molar-refractivity contribution in [1.29, 1.82) is 0 Å². The quantitative estimate of drug-likeness (QED) is 0.575. The second-order valence-electron chi connectivity index (χ2n) is 9.84. The molecular formula is C24H33N3O2S. The van der Waals surface area contributed by atoms with Crippen molar-refractivity contribution in [2.75, 3.05) is 38.1 Å². The summed E-state index contributed by atoms with van der Waals surface area (Å²) in [4.78, 5) is 16.9. The Labute approximate surface area is 185 Å². The van der Waals surface area contributed by atoms with Gasteiger partial charge in [0.15, 0.2) is 5.11 Å². The lowest BCUT2D eigenvalue weighted by Gasteiger charge is -2.61. The number of hydrogen-bond donors (Lipinski definition) is 1. The van der Waals surface area contributed by atoms with Crippen molar-refractivity contribution in [1.82, 2.24) is 9.80 Å². The second-order valence-corrected chi connectivity index (χ2v) is 10.2. The first-order chi connectivity index (χ1) is 14.5. The SMILES string of the molecule is CCOC(=O)c1ccc(NC(=S)N2CCN(C34CC5CC(CC(C5)C3)C4)CC2)cc1. The van der Waals surface area contributed by atoms with Gasteiger partial charge in [0.25, 0.3) is 0 Å². The Balaban J connectivity index is 1.15. The molecule has 0 aromatic heterocycles. The number of thiocarbonyl (C=S) groups is 1. The summed E-state index contributed by atoms with van der Waals surface area (Å²) < 4.78 is 5.04. The maximum Gasteiger partial charge on any atom is 0.338 e. The number of ether oxygens (including phenoxy) is 1. The summed E-state index contributed by atoms with van der Waals surface area (Å²) in [6.45, 7) is 6.43. The molecular weight excluding hydrogens is 394 g/mol. The van der Waals surface area contributed by atoms with Crippen LogP contribution in [-0.2, 0) is 4.74 Å². The van der Waals surface area contributed by atoms with E-state index in [4.69, 9.17) is 17.0 Å². The Morgan fingerprint density at radius 3 is 2.13 bits per heavy atom. The number of carbonyl (C=O) groups is 1. The molecule has 1 aromatic rings. The summed E-state index contributed by atoms with van der Waals surface area (Å²) in [5.74, 6) is 2.70. The average molecular weight is 428 g/mol. The number of esters is 1. The highest BCUT2D eigenvalue weighted by Crippen LogP contribution is 2.57. The van der Waals surface area contributed by atoms with Gasteiger partial charge in [-0.15, -0.1) is 0 Å². The third kappa shape index (κ3) is 3.84. The van der Waals surface area contributed by atoms with Gasteiger partial charge in [0.05, 0.1) is 12.2 Å². The zero-order chi connectivity index (χ0) is 20.7. The molecule has 5 nitrogen and oxygen atoms in total. The number of anilines is 1. The van der Waals surface area contributed by atoms with Crippen LogP contribution in [0.3, 0.4) is 0 Å². The van der Waals surface area contributed by atoms with E-state index in [2.05, 4.69) is 15.1 Å². The smallest absolute Gasteiger partial charge is 0.338 e. The maximum absolute atomic E-state index is 11.8. The van der Waals surface area contributed by atoms with Gasteiger partial charge in [-0.3, -0.25) is 4.90 Å². The summed E-state index contributed by atoms with van der Waals surface area (Å²) in [6, 6.07) is 7.36. The van der Waals surface area contributed by atoms with E-state index in [-0.39, 0.29) is 5.97 Å². The molecule has 0 atom stereocenters.